The van der Waals surface area contributed by atoms with E-state index in [1.54, 1.807) is 37.3 Å². The first-order valence-corrected chi connectivity index (χ1v) is 14.2. The molecule has 2 saturated heterocycles. The van der Waals surface area contributed by atoms with Crippen LogP contribution in [0, 0.1) is 30.3 Å². The Kier molecular flexibility index (Phi) is 6.84. The van der Waals surface area contributed by atoms with Crippen LogP contribution in [-0.2, 0) is 24.3 Å². The SMILES string of the molecule is Cc1ccc(COc2nccc(-c3ccc(Cc4nc5c(F)cc(C(=O)O)cc5n4CC45CC(CO4)C5)cc3F)n2)c(F)c1. The van der Waals surface area contributed by atoms with Crippen molar-refractivity contribution in [2.75, 3.05) is 6.61 Å². The topological polar surface area (TPSA) is 99.4 Å². The molecule has 0 unspecified atom stereocenters. The first kappa shape index (κ1) is 28.0. The number of fused-ring (bicyclic) bond motifs is 2. The summed E-state index contributed by atoms with van der Waals surface area (Å²) in [6, 6.07) is 13.4. The Labute approximate surface area is 250 Å². The molecule has 224 valence electrons. The number of aromatic carboxylic acids is 1. The van der Waals surface area contributed by atoms with Gasteiger partial charge in [-0.15, -0.1) is 0 Å². The summed E-state index contributed by atoms with van der Waals surface area (Å²) >= 11 is 0. The minimum Gasteiger partial charge on any atom is -0.478 e. The van der Waals surface area contributed by atoms with Crippen LogP contribution in [-0.4, -0.2) is 42.8 Å². The van der Waals surface area contributed by atoms with Crippen molar-refractivity contribution in [1.82, 2.24) is 19.5 Å². The third-order valence-electron chi connectivity index (χ3n) is 8.40. The van der Waals surface area contributed by atoms with E-state index < -0.39 is 29.0 Å². The molecule has 0 spiro atoms. The van der Waals surface area contributed by atoms with Gasteiger partial charge in [-0.25, -0.2) is 27.9 Å². The van der Waals surface area contributed by atoms with E-state index in [1.807, 2.05) is 4.57 Å². The van der Waals surface area contributed by atoms with Gasteiger partial charge >= 0.3 is 12.0 Å². The highest BCUT2D eigenvalue weighted by atomic mass is 19.1. The zero-order valence-corrected chi connectivity index (χ0v) is 23.7. The fourth-order valence-corrected chi connectivity index (χ4v) is 6.18. The van der Waals surface area contributed by atoms with Crippen molar-refractivity contribution in [3.05, 3.63) is 106 Å². The van der Waals surface area contributed by atoms with Crippen molar-refractivity contribution in [2.24, 2.45) is 5.92 Å². The Hall–Kier alpha value is -4.77. The van der Waals surface area contributed by atoms with Crippen LogP contribution in [0.4, 0.5) is 13.2 Å². The number of aryl methyl sites for hydroxylation is 1. The van der Waals surface area contributed by atoms with Crippen LogP contribution in [0.5, 0.6) is 6.01 Å². The molecule has 1 aliphatic carbocycles. The predicted molar refractivity (Wildman–Crippen MR) is 154 cm³/mol. The normalized spacial score (nSPS) is 18.9. The fraction of sp³-hybridized carbons (Fsp3) is 0.273. The highest BCUT2D eigenvalue weighted by molar-refractivity contribution is 5.92. The van der Waals surface area contributed by atoms with Gasteiger partial charge in [-0.1, -0.05) is 18.2 Å². The summed E-state index contributed by atoms with van der Waals surface area (Å²) in [4.78, 5) is 24.6. The van der Waals surface area contributed by atoms with Crippen LogP contribution in [0.25, 0.3) is 22.3 Å². The number of carboxylic acids is 1. The third-order valence-corrected chi connectivity index (χ3v) is 8.40. The molecule has 4 heterocycles. The highest BCUT2D eigenvalue weighted by Crippen LogP contribution is 2.49. The second-order valence-corrected chi connectivity index (χ2v) is 11.6. The van der Waals surface area contributed by atoms with Crippen LogP contribution in [0.15, 0.2) is 60.8 Å². The number of ether oxygens (including phenoxy) is 2. The van der Waals surface area contributed by atoms with E-state index in [-0.39, 0.29) is 41.4 Å². The lowest BCUT2D eigenvalue weighted by Gasteiger charge is -2.36. The minimum absolute atomic E-state index is 0.0193. The van der Waals surface area contributed by atoms with E-state index in [2.05, 4.69) is 15.0 Å². The lowest BCUT2D eigenvalue weighted by Crippen LogP contribution is -2.41. The molecule has 44 heavy (non-hydrogen) atoms. The molecule has 2 aromatic heterocycles. The van der Waals surface area contributed by atoms with E-state index in [0.29, 0.717) is 41.5 Å². The third kappa shape index (κ3) is 5.17. The van der Waals surface area contributed by atoms with E-state index in [9.17, 15) is 14.3 Å². The number of carbonyl (C=O) groups is 1. The molecule has 8 nitrogen and oxygen atoms in total. The summed E-state index contributed by atoms with van der Waals surface area (Å²) in [6.07, 6.45) is 3.37. The summed E-state index contributed by atoms with van der Waals surface area (Å²) in [5, 5.41) is 9.52. The van der Waals surface area contributed by atoms with Gasteiger partial charge in [-0.05, 0) is 73.2 Å². The van der Waals surface area contributed by atoms with Crippen LogP contribution in [0.3, 0.4) is 0 Å². The van der Waals surface area contributed by atoms with Crippen molar-refractivity contribution < 1.29 is 32.5 Å². The molecular formula is C33H27F3N4O4. The Bertz CT molecular complexity index is 1930. The summed E-state index contributed by atoms with van der Waals surface area (Å²) in [5.41, 5.74) is 2.08. The number of hydrogen-bond acceptors (Lipinski definition) is 6. The molecule has 0 amide bonds. The van der Waals surface area contributed by atoms with Crippen molar-refractivity contribution in [3.63, 3.8) is 0 Å². The van der Waals surface area contributed by atoms with E-state index in [1.165, 1.54) is 24.4 Å². The Morgan fingerprint density at radius 1 is 1.05 bits per heavy atom. The molecule has 3 aliphatic rings. The lowest BCUT2D eigenvalue weighted by atomic mass is 9.74. The predicted octanol–water partition coefficient (Wildman–Crippen LogP) is 6.27. The smallest absolute Gasteiger partial charge is 0.335 e. The molecular weight excluding hydrogens is 573 g/mol. The monoisotopic (exact) mass is 600 g/mol. The highest BCUT2D eigenvalue weighted by Gasteiger charge is 2.52. The molecule has 3 fully saturated rings. The molecule has 8 rings (SSSR count). The maximum absolute atomic E-state index is 15.5. The lowest BCUT2D eigenvalue weighted by molar-refractivity contribution is -0.0132. The second kappa shape index (κ2) is 10.7. The number of aromatic nitrogens is 4. The standard InChI is InChI=1S/C33H27F3N4O4/c1-18-2-4-21(24(34)8-18)16-43-32-37-7-6-27(38-32)23-5-3-19(9-25(23)35)10-29-39-30-26(36)11-22(31(41)42)12-28(30)40(29)17-33-13-20(14-33)15-44-33/h2-9,11-12,20H,10,13-17H2,1H3,(H,41,42). The molecule has 2 aliphatic heterocycles. The largest absolute Gasteiger partial charge is 0.478 e. The minimum atomic E-state index is -1.24. The molecule has 1 N–H and O–H groups in total. The van der Waals surface area contributed by atoms with Gasteiger partial charge in [0.05, 0.1) is 35.5 Å². The number of nitrogens with zero attached hydrogens (tertiary/aromatic N) is 4. The zero-order valence-electron chi connectivity index (χ0n) is 23.7. The van der Waals surface area contributed by atoms with Crippen LogP contribution >= 0.6 is 0 Å². The maximum Gasteiger partial charge on any atom is 0.335 e. The number of carboxylic acid groups (broad SMARTS) is 1. The number of benzene rings is 3. The molecule has 1 saturated carbocycles. The van der Waals surface area contributed by atoms with Crippen molar-refractivity contribution in [3.8, 4) is 17.3 Å². The van der Waals surface area contributed by atoms with Gasteiger partial charge in [0.1, 0.15) is 29.6 Å². The van der Waals surface area contributed by atoms with Crippen LogP contribution in [0.2, 0.25) is 0 Å². The number of hydrogen-bond donors (Lipinski definition) is 1. The van der Waals surface area contributed by atoms with Crippen molar-refractivity contribution in [1.29, 1.82) is 0 Å². The number of rotatable bonds is 9. The van der Waals surface area contributed by atoms with Gasteiger partial charge < -0.3 is 19.1 Å². The first-order valence-electron chi connectivity index (χ1n) is 14.2. The average molecular weight is 601 g/mol. The van der Waals surface area contributed by atoms with Gasteiger partial charge in [0, 0.05) is 23.7 Å². The van der Waals surface area contributed by atoms with E-state index in [4.69, 9.17) is 9.47 Å². The number of imidazole rings is 1. The first-order chi connectivity index (χ1) is 21.2. The van der Waals surface area contributed by atoms with Gasteiger partial charge in [0.2, 0.25) is 0 Å². The number of halogens is 3. The quantitative estimate of drug-likeness (QED) is 0.213. The molecule has 11 heteroatoms. The Balaban J connectivity index is 1.16. The Morgan fingerprint density at radius 2 is 1.89 bits per heavy atom. The Morgan fingerprint density at radius 3 is 2.61 bits per heavy atom. The maximum atomic E-state index is 15.5. The van der Waals surface area contributed by atoms with Crippen molar-refractivity contribution in [2.45, 2.75) is 44.9 Å². The summed E-state index contributed by atoms with van der Waals surface area (Å²) in [6.45, 7) is 2.77. The molecule has 5 aromatic rings. The molecule has 3 aromatic carbocycles. The van der Waals surface area contributed by atoms with Crippen LogP contribution < -0.4 is 4.74 Å². The summed E-state index contributed by atoms with van der Waals surface area (Å²) in [5.74, 6) is -1.94. The van der Waals surface area contributed by atoms with Gasteiger partial charge in [-0.2, -0.15) is 4.98 Å². The van der Waals surface area contributed by atoms with Crippen LogP contribution in [0.1, 0.15) is 45.7 Å². The fourth-order valence-electron chi connectivity index (χ4n) is 6.18. The van der Waals surface area contributed by atoms with E-state index >= 15 is 8.78 Å². The van der Waals surface area contributed by atoms with E-state index in [0.717, 1.165) is 24.5 Å². The van der Waals surface area contributed by atoms with Gasteiger partial charge in [0.15, 0.2) is 5.82 Å². The van der Waals surface area contributed by atoms with Gasteiger partial charge in [-0.3, -0.25) is 0 Å². The summed E-state index contributed by atoms with van der Waals surface area (Å²) in [7, 11) is 0. The second-order valence-electron chi connectivity index (χ2n) is 11.6. The summed E-state index contributed by atoms with van der Waals surface area (Å²) < 4.78 is 58.1. The zero-order chi connectivity index (χ0) is 30.6. The molecule has 2 bridgehead atoms. The molecule has 0 radical (unpaired) electrons. The molecule has 0 atom stereocenters. The van der Waals surface area contributed by atoms with Gasteiger partial charge in [0.25, 0.3) is 0 Å². The average Bonchev–Trinajstić information content (AvgIpc) is 3.67. The van der Waals surface area contributed by atoms with Crippen molar-refractivity contribution >= 4 is 17.0 Å².